The van der Waals surface area contributed by atoms with Crippen LogP contribution in [-0.4, -0.2) is 33.6 Å². The van der Waals surface area contributed by atoms with E-state index in [0.717, 1.165) is 0 Å². The number of carbonyl (C=O) groups is 2. The van der Waals surface area contributed by atoms with Crippen molar-refractivity contribution in [2.24, 2.45) is 0 Å². The van der Waals surface area contributed by atoms with E-state index in [4.69, 9.17) is 0 Å². The predicted molar refractivity (Wildman–Crippen MR) is 60.6 cm³/mol. The number of aromatic nitrogens is 2. The summed E-state index contributed by atoms with van der Waals surface area (Å²) in [4.78, 5) is 20.4. The van der Waals surface area contributed by atoms with Gasteiger partial charge in [0.15, 0.2) is 8.68 Å². The molecule has 0 unspecified atom stereocenters. The number of rotatable bonds is 8. The molecule has 0 aromatic carbocycles. The fourth-order valence-corrected chi connectivity index (χ4v) is 3.76. The molecule has 1 aromatic rings. The Hall–Kier alpha value is -0.800. The molecule has 1 heterocycles. The van der Waals surface area contributed by atoms with Gasteiger partial charge >= 0.3 is 0 Å². The van der Waals surface area contributed by atoms with Crippen LogP contribution in [-0.2, 0) is 9.59 Å². The number of nitrogens with zero attached hydrogens (tertiary/aromatic N) is 2. The average Bonchev–Trinajstić information content (AvgIpc) is 2.65. The molecule has 0 saturated carbocycles. The molecule has 0 spiro atoms. The Kier molecular flexibility index (Phi) is 6.30. The van der Waals surface area contributed by atoms with Gasteiger partial charge in [-0.25, -0.2) is 0 Å². The highest BCUT2D eigenvalue weighted by Crippen LogP contribution is 2.29. The summed E-state index contributed by atoms with van der Waals surface area (Å²) < 4.78 is 1.34. The van der Waals surface area contributed by atoms with Gasteiger partial charge in [-0.1, -0.05) is 34.9 Å². The molecule has 0 fully saturated rings. The van der Waals surface area contributed by atoms with Gasteiger partial charge in [0.1, 0.15) is 0 Å². The second-order valence-electron chi connectivity index (χ2n) is 2.77. The lowest BCUT2D eigenvalue weighted by Gasteiger charge is -1.98. The van der Waals surface area contributed by atoms with Crippen molar-refractivity contribution in [1.29, 1.82) is 0 Å². The average molecular weight is 292 g/mol. The fraction of sp³-hybridized carbons (Fsp3) is 0.500. The molecule has 1 rings (SSSR count). The highest BCUT2D eigenvalue weighted by Gasteiger charge is 2.05. The maximum absolute atomic E-state index is 10.2. The number of thioether (sulfide) groups is 2. The molecule has 0 amide bonds. The van der Waals surface area contributed by atoms with Gasteiger partial charge in [0, 0.05) is 23.4 Å². The van der Waals surface area contributed by atoms with Crippen molar-refractivity contribution in [3.63, 3.8) is 0 Å². The molecule has 0 aliphatic heterocycles. The molecule has 9 heteroatoms. The van der Waals surface area contributed by atoms with E-state index in [2.05, 4.69) is 10.2 Å². The standard InChI is InChI=1S/C8H10N2O4S3/c11-5(12)1-3-15-7-9-10-8(17-7)16-4-2-6(13)14/h1-4H2,(H,11,12)(H,13,14)/p-2. The zero-order valence-corrected chi connectivity index (χ0v) is 11.0. The summed E-state index contributed by atoms with van der Waals surface area (Å²) in [6, 6.07) is 0. The van der Waals surface area contributed by atoms with Gasteiger partial charge in [-0.15, -0.1) is 10.2 Å². The Labute approximate surface area is 110 Å². The van der Waals surface area contributed by atoms with E-state index in [1.54, 1.807) is 0 Å². The fourth-order valence-electron chi connectivity index (χ4n) is 0.757. The summed E-state index contributed by atoms with van der Waals surface area (Å²) in [7, 11) is 0. The van der Waals surface area contributed by atoms with Crippen LogP contribution in [0.3, 0.4) is 0 Å². The van der Waals surface area contributed by atoms with E-state index in [1.807, 2.05) is 0 Å². The van der Waals surface area contributed by atoms with Gasteiger partial charge in [0.2, 0.25) is 0 Å². The van der Waals surface area contributed by atoms with Crippen LogP contribution in [0.1, 0.15) is 12.8 Å². The quantitative estimate of drug-likeness (QED) is 0.562. The van der Waals surface area contributed by atoms with E-state index in [1.165, 1.54) is 34.9 Å². The van der Waals surface area contributed by atoms with E-state index in [9.17, 15) is 19.8 Å². The van der Waals surface area contributed by atoms with Crippen LogP contribution in [0.5, 0.6) is 0 Å². The van der Waals surface area contributed by atoms with Gasteiger partial charge in [-0.3, -0.25) is 0 Å². The van der Waals surface area contributed by atoms with E-state index >= 15 is 0 Å². The third kappa shape index (κ3) is 6.49. The first kappa shape index (κ1) is 14.3. The topological polar surface area (TPSA) is 106 Å². The second kappa shape index (κ2) is 7.51. The normalized spacial score (nSPS) is 10.4. The number of carboxylic acid groups (broad SMARTS) is 2. The minimum atomic E-state index is -1.09. The van der Waals surface area contributed by atoms with Crippen LogP contribution in [0.2, 0.25) is 0 Å². The molecule has 0 radical (unpaired) electrons. The van der Waals surface area contributed by atoms with Crippen LogP contribution in [0.15, 0.2) is 8.68 Å². The van der Waals surface area contributed by atoms with Crippen molar-refractivity contribution in [2.75, 3.05) is 11.5 Å². The van der Waals surface area contributed by atoms with Crippen molar-refractivity contribution >= 4 is 46.8 Å². The van der Waals surface area contributed by atoms with Gasteiger partial charge < -0.3 is 19.8 Å². The lowest BCUT2D eigenvalue weighted by atomic mass is 10.5. The molecule has 94 valence electrons. The zero-order chi connectivity index (χ0) is 12.7. The van der Waals surface area contributed by atoms with E-state index in [0.29, 0.717) is 20.2 Å². The summed E-state index contributed by atoms with van der Waals surface area (Å²) in [6.07, 6.45) is -0.0607. The smallest absolute Gasteiger partial charge is 0.175 e. The molecule has 0 N–H and O–H groups in total. The van der Waals surface area contributed by atoms with Crippen molar-refractivity contribution in [1.82, 2.24) is 10.2 Å². The number of hydrogen-bond donors (Lipinski definition) is 0. The molecule has 0 aliphatic carbocycles. The maximum Gasteiger partial charge on any atom is 0.175 e. The van der Waals surface area contributed by atoms with Crippen molar-refractivity contribution < 1.29 is 19.8 Å². The molecule has 0 atom stereocenters. The third-order valence-corrected chi connectivity index (χ3v) is 4.64. The highest BCUT2D eigenvalue weighted by molar-refractivity contribution is 8.03. The van der Waals surface area contributed by atoms with Gasteiger partial charge in [0.05, 0.1) is 0 Å². The highest BCUT2D eigenvalue weighted by atomic mass is 32.2. The Morgan fingerprint density at radius 1 is 1.00 bits per heavy atom. The minimum absolute atomic E-state index is 0.0304. The molecule has 1 aromatic heterocycles. The van der Waals surface area contributed by atoms with E-state index < -0.39 is 11.9 Å². The largest absolute Gasteiger partial charge is 0.550 e. The summed E-state index contributed by atoms with van der Waals surface area (Å²) in [5.41, 5.74) is 0. The molecular formula is C8H8N2O4S3-2. The Morgan fingerprint density at radius 2 is 1.41 bits per heavy atom. The van der Waals surface area contributed by atoms with Crippen LogP contribution in [0.25, 0.3) is 0 Å². The van der Waals surface area contributed by atoms with E-state index in [-0.39, 0.29) is 12.8 Å². The summed E-state index contributed by atoms with van der Waals surface area (Å²) >= 11 is 3.90. The summed E-state index contributed by atoms with van der Waals surface area (Å²) in [6.45, 7) is 0. The molecule has 0 saturated heterocycles. The van der Waals surface area contributed by atoms with Crippen molar-refractivity contribution in [2.45, 2.75) is 21.5 Å². The lowest BCUT2D eigenvalue weighted by Crippen LogP contribution is -2.22. The Balaban J connectivity index is 2.27. The van der Waals surface area contributed by atoms with Gasteiger partial charge in [-0.05, 0) is 12.8 Å². The first-order valence-electron chi connectivity index (χ1n) is 4.56. The van der Waals surface area contributed by atoms with Crippen LogP contribution >= 0.6 is 34.9 Å². The SMILES string of the molecule is O=C([O-])CCSc1nnc(SCCC(=O)[O-])s1. The Bertz CT molecular complexity index is 361. The minimum Gasteiger partial charge on any atom is -0.550 e. The van der Waals surface area contributed by atoms with Gasteiger partial charge in [0.25, 0.3) is 0 Å². The third-order valence-electron chi connectivity index (χ3n) is 1.45. The molecule has 0 bridgehead atoms. The van der Waals surface area contributed by atoms with Gasteiger partial charge in [-0.2, -0.15) is 0 Å². The van der Waals surface area contributed by atoms with Crippen LogP contribution in [0.4, 0.5) is 0 Å². The number of hydrogen-bond acceptors (Lipinski definition) is 9. The lowest BCUT2D eigenvalue weighted by molar-refractivity contribution is -0.306. The number of aliphatic carboxylic acids is 2. The molecule has 17 heavy (non-hydrogen) atoms. The van der Waals surface area contributed by atoms with Crippen LogP contribution < -0.4 is 10.2 Å². The predicted octanol–water partition coefficient (Wildman–Crippen LogP) is -0.998. The first-order valence-corrected chi connectivity index (χ1v) is 7.35. The van der Waals surface area contributed by atoms with Crippen molar-refractivity contribution in [3.8, 4) is 0 Å². The summed E-state index contributed by atoms with van der Waals surface area (Å²) in [5, 5.41) is 28.0. The van der Waals surface area contributed by atoms with Crippen molar-refractivity contribution in [3.05, 3.63) is 0 Å². The Morgan fingerprint density at radius 3 is 1.76 bits per heavy atom. The first-order chi connectivity index (χ1) is 8.08. The zero-order valence-electron chi connectivity index (χ0n) is 8.58. The molecule has 0 aliphatic rings. The number of carbonyl (C=O) groups excluding carboxylic acids is 2. The van der Waals surface area contributed by atoms with Crippen LogP contribution in [0, 0.1) is 0 Å². The summed E-state index contributed by atoms with van der Waals surface area (Å²) in [5.74, 6) is -1.41. The second-order valence-corrected chi connectivity index (χ2v) is 6.44. The molecule has 6 nitrogen and oxygen atoms in total. The monoisotopic (exact) mass is 292 g/mol. The maximum atomic E-state index is 10.2. The molecular weight excluding hydrogens is 284 g/mol. The number of carboxylic acids is 2.